The van der Waals surface area contributed by atoms with Crippen LogP contribution >= 0.6 is 47.0 Å². The number of fused-ring (bicyclic) bond motifs is 2. The van der Waals surface area contributed by atoms with Crippen LogP contribution in [0.15, 0.2) is 0 Å². The summed E-state index contributed by atoms with van der Waals surface area (Å²) in [5.41, 5.74) is 10.9. The van der Waals surface area contributed by atoms with Gasteiger partial charge in [0.25, 0.3) is 10.8 Å². The average Bonchev–Trinajstić information content (AvgIpc) is 3.16. The first kappa shape index (κ1) is 17.8. The van der Waals surface area contributed by atoms with E-state index in [9.17, 15) is 4.79 Å². The Hall–Kier alpha value is -1.02. The molecule has 3 rings (SSSR count). The lowest BCUT2D eigenvalue weighted by Crippen LogP contribution is -2.51. The highest BCUT2D eigenvalue weighted by molar-refractivity contribution is 7.80. The smallest absolute Gasteiger partial charge is 0.336 e. The van der Waals surface area contributed by atoms with E-state index in [-0.39, 0.29) is 26.6 Å². The number of amides is 1. The van der Waals surface area contributed by atoms with E-state index in [2.05, 4.69) is 21.2 Å². The minimum Gasteiger partial charge on any atom is -0.396 e. The van der Waals surface area contributed by atoms with Crippen molar-refractivity contribution in [2.75, 3.05) is 5.73 Å². The fourth-order valence-corrected chi connectivity index (χ4v) is 4.34. The lowest BCUT2D eigenvalue weighted by molar-refractivity contribution is -0.379. The number of nitrogen functional groups attached to an aromatic ring is 1. The Labute approximate surface area is 159 Å². The van der Waals surface area contributed by atoms with Crippen LogP contribution in [0.5, 0.6) is 0 Å². The third-order valence-corrected chi connectivity index (χ3v) is 6.08. The van der Waals surface area contributed by atoms with E-state index >= 15 is 0 Å². The van der Waals surface area contributed by atoms with E-state index in [1.165, 1.54) is 19.3 Å². The fourth-order valence-electron chi connectivity index (χ4n) is 3.53. The number of hydrogen-bond acceptors (Lipinski definition) is 3. The minimum atomic E-state index is -0.553. The number of halogens is 3. The van der Waals surface area contributed by atoms with Gasteiger partial charge in [0.15, 0.2) is 5.11 Å². The Morgan fingerprint density at radius 3 is 2.54 bits per heavy atom. The van der Waals surface area contributed by atoms with Crippen molar-refractivity contribution < 1.29 is 9.78 Å². The van der Waals surface area contributed by atoms with Gasteiger partial charge >= 0.3 is 5.91 Å². The molecule has 6 nitrogen and oxygen atoms in total. The first-order valence-electron chi connectivity index (χ1n) is 7.59. The number of aromatic amines is 1. The van der Waals surface area contributed by atoms with Gasteiger partial charge in [0.2, 0.25) is 0 Å². The number of rotatable bonds is 2. The van der Waals surface area contributed by atoms with E-state index < -0.39 is 5.91 Å². The highest BCUT2D eigenvalue weighted by Gasteiger charge is 2.39. The second-order valence-electron chi connectivity index (χ2n) is 6.19. The molecular formula is C14H17Cl3N5OS+. The molecule has 2 bridgehead atoms. The largest absolute Gasteiger partial charge is 0.396 e. The zero-order valence-corrected chi connectivity index (χ0v) is 15.7. The maximum Gasteiger partial charge on any atom is 0.336 e. The average molecular weight is 410 g/mol. The van der Waals surface area contributed by atoms with Crippen molar-refractivity contribution in [2.24, 2.45) is 11.8 Å². The van der Waals surface area contributed by atoms with E-state index in [4.69, 9.17) is 52.8 Å². The third-order valence-electron chi connectivity index (χ3n) is 4.69. The lowest BCUT2D eigenvalue weighted by atomic mass is 9.96. The molecule has 6 N–H and O–H groups in total. The summed E-state index contributed by atoms with van der Waals surface area (Å²) in [6.07, 6.45) is 4.94. The molecule has 2 aliphatic rings. The van der Waals surface area contributed by atoms with E-state index in [1.807, 2.05) is 0 Å². The molecule has 0 spiro atoms. The predicted octanol–water partition coefficient (Wildman–Crippen LogP) is 2.34. The van der Waals surface area contributed by atoms with E-state index in [0.29, 0.717) is 17.1 Å². The van der Waals surface area contributed by atoms with E-state index in [1.54, 1.807) is 0 Å². The summed E-state index contributed by atoms with van der Waals surface area (Å²) in [6, 6.07) is 0.372. The van der Waals surface area contributed by atoms with Gasteiger partial charge in [-0.1, -0.05) is 29.6 Å². The van der Waals surface area contributed by atoms with Gasteiger partial charge in [-0.05, 0) is 54.9 Å². The van der Waals surface area contributed by atoms with Crippen molar-refractivity contribution in [1.29, 1.82) is 0 Å². The Balaban J connectivity index is 1.57. The number of nitrogens with two attached hydrogens (primary N) is 1. The molecule has 1 aromatic rings. The second kappa shape index (κ2) is 7.07. The number of pyridine rings is 1. The number of hydrazine groups is 1. The molecule has 0 saturated heterocycles. The van der Waals surface area contributed by atoms with Gasteiger partial charge in [-0.15, -0.1) is 0 Å². The summed E-state index contributed by atoms with van der Waals surface area (Å²) in [5, 5.41) is 3.72. The number of carbonyl (C=O) groups is 1. The number of H-pyrrole nitrogens is 1. The van der Waals surface area contributed by atoms with Gasteiger partial charge < -0.3 is 11.1 Å². The lowest BCUT2D eigenvalue weighted by Gasteiger charge is -2.24. The molecule has 3 atom stereocenters. The van der Waals surface area contributed by atoms with Gasteiger partial charge in [-0.2, -0.15) is 4.98 Å². The molecule has 1 heterocycles. The molecule has 130 valence electrons. The molecule has 0 radical (unpaired) electrons. The number of hydrogen-bond donors (Lipinski definition) is 4. The molecule has 0 aliphatic heterocycles. The van der Waals surface area contributed by atoms with Crippen LogP contribution in [0, 0.1) is 11.8 Å². The monoisotopic (exact) mass is 408 g/mol. The topological polar surface area (TPSA) is 93.3 Å². The van der Waals surface area contributed by atoms with Gasteiger partial charge in [-0.25, -0.2) is 0 Å². The number of nitrogens with one attached hydrogen (secondary N) is 4. The van der Waals surface area contributed by atoms with Crippen molar-refractivity contribution in [1.82, 2.24) is 16.2 Å². The number of carbonyl (C=O) groups excluding carboxylic acids is 1. The summed E-state index contributed by atoms with van der Waals surface area (Å²) >= 11 is 23.0. The molecule has 0 unspecified atom stereocenters. The van der Waals surface area contributed by atoms with Crippen LogP contribution in [0.3, 0.4) is 0 Å². The molecule has 24 heavy (non-hydrogen) atoms. The van der Waals surface area contributed by atoms with Gasteiger partial charge in [-0.3, -0.25) is 15.6 Å². The molecular weight excluding hydrogens is 393 g/mol. The second-order valence-corrected chi connectivity index (χ2v) is 7.73. The molecule has 1 amide bonds. The quantitative estimate of drug-likeness (QED) is 0.342. The fraction of sp³-hybridized carbons (Fsp3) is 0.500. The number of thiocarbonyl (C=S) groups is 1. The van der Waals surface area contributed by atoms with Crippen LogP contribution < -0.4 is 26.9 Å². The predicted molar refractivity (Wildman–Crippen MR) is 98.0 cm³/mol. The van der Waals surface area contributed by atoms with Crippen molar-refractivity contribution in [3.05, 3.63) is 20.9 Å². The molecule has 2 aliphatic carbocycles. The first-order valence-corrected chi connectivity index (χ1v) is 9.13. The molecule has 1 aromatic heterocycles. The van der Waals surface area contributed by atoms with E-state index in [0.717, 1.165) is 12.3 Å². The molecule has 2 fully saturated rings. The van der Waals surface area contributed by atoms with Crippen LogP contribution in [0.1, 0.15) is 36.2 Å². The Morgan fingerprint density at radius 1 is 1.17 bits per heavy atom. The Bertz CT molecular complexity index is 701. The summed E-state index contributed by atoms with van der Waals surface area (Å²) < 4.78 is 0. The van der Waals surface area contributed by atoms with Crippen LogP contribution in [0.25, 0.3) is 0 Å². The summed E-state index contributed by atoms with van der Waals surface area (Å²) in [5.74, 6) is 0.919. The standard InChI is InChI=1S/C14H16Cl3N5OS/c15-8-10(18)9(16)12(17)20-11(8)13(23)21-22-14(24)19-7-4-5-1-2-6(7)3-5/h5-7H,1-4H2,(H2,18,20)(H,21,23)(H2,19,22,24)/p+1/t5-,6-,7-/m0/s1. The summed E-state index contributed by atoms with van der Waals surface area (Å²) in [4.78, 5) is 14.8. The summed E-state index contributed by atoms with van der Waals surface area (Å²) in [6.45, 7) is 0. The normalized spacial score (nSPS) is 24.7. The highest BCUT2D eigenvalue weighted by atomic mass is 35.5. The van der Waals surface area contributed by atoms with Crippen molar-refractivity contribution in [2.45, 2.75) is 31.7 Å². The highest BCUT2D eigenvalue weighted by Crippen LogP contribution is 2.44. The van der Waals surface area contributed by atoms with Crippen LogP contribution in [-0.4, -0.2) is 17.1 Å². The van der Waals surface area contributed by atoms with Crippen molar-refractivity contribution in [3.63, 3.8) is 0 Å². The maximum absolute atomic E-state index is 12.2. The minimum absolute atomic E-state index is 0.00112. The van der Waals surface area contributed by atoms with Crippen LogP contribution in [0.4, 0.5) is 5.69 Å². The van der Waals surface area contributed by atoms with Gasteiger partial charge in [0.1, 0.15) is 10.0 Å². The molecule has 0 aromatic carbocycles. The first-order chi connectivity index (χ1) is 11.4. The maximum atomic E-state index is 12.2. The zero-order chi connectivity index (χ0) is 17.4. The Kier molecular flexibility index (Phi) is 5.24. The SMILES string of the molecule is Nc1c(Cl)c(Cl)[nH+]c(C(=O)NNC(=S)N[C@H]2C[C@H]3CC[C@H]2C3)c1Cl. The van der Waals surface area contributed by atoms with Crippen molar-refractivity contribution >= 4 is 63.7 Å². The number of aromatic nitrogens is 1. The zero-order valence-electron chi connectivity index (χ0n) is 12.6. The third kappa shape index (κ3) is 3.49. The Morgan fingerprint density at radius 2 is 1.92 bits per heavy atom. The molecule has 10 heteroatoms. The van der Waals surface area contributed by atoms with Crippen LogP contribution in [0.2, 0.25) is 15.2 Å². The summed E-state index contributed by atoms with van der Waals surface area (Å²) in [7, 11) is 0. The van der Waals surface area contributed by atoms with Gasteiger partial charge in [0.05, 0.1) is 5.69 Å². The molecule has 2 saturated carbocycles. The number of anilines is 1. The van der Waals surface area contributed by atoms with Crippen LogP contribution in [-0.2, 0) is 0 Å². The van der Waals surface area contributed by atoms with Gasteiger partial charge in [0, 0.05) is 6.04 Å². The van der Waals surface area contributed by atoms with Crippen molar-refractivity contribution in [3.8, 4) is 0 Å².